The molecule has 4 nitrogen and oxygen atoms in total. The maximum Gasteiger partial charge on any atom is 0.241 e. The monoisotopic (exact) mass is 385 g/mol. The molecule has 1 heterocycles. The Morgan fingerprint density at radius 1 is 1.11 bits per heavy atom. The van der Waals surface area contributed by atoms with Crippen LogP contribution in [0.2, 0.25) is 5.02 Å². The van der Waals surface area contributed by atoms with Crippen LogP contribution in [0.4, 0.5) is 5.69 Å². The van der Waals surface area contributed by atoms with Crippen LogP contribution in [0.5, 0.6) is 0 Å². The van der Waals surface area contributed by atoms with Crippen LogP contribution in [0.15, 0.2) is 48.5 Å². The second kappa shape index (κ2) is 9.36. The molecule has 1 atom stereocenters. The number of carbonyl (C=O) groups is 1. The number of nitrogens with one attached hydrogen (secondary N) is 1. The maximum atomic E-state index is 12.7. The molecule has 1 saturated heterocycles. The van der Waals surface area contributed by atoms with Gasteiger partial charge in [-0.2, -0.15) is 0 Å². The van der Waals surface area contributed by atoms with E-state index in [2.05, 4.69) is 45.4 Å². The first-order chi connectivity index (χ1) is 13.0. The van der Waals surface area contributed by atoms with Gasteiger partial charge in [0.1, 0.15) is 0 Å². The second-order valence-corrected chi connectivity index (χ2v) is 7.67. The Bertz CT molecular complexity index is 757. The summed E-state index contributed by atoms with van der Waals surface area (Å²) in [4.78, 5) is 17.4. The van der Waals surface area contributed by atoms with Crippen LogP contribution in [0.1, 0.15) is 18.1 Å². The molecule has 3 rings (SSSR count). The first-order valence-corrected chi connectivity index (χ1v) is 9.98. The summed E-state index contributed by atoms with van der Waals surface area (Å²) in [6.45, 7) is 8.86. The number of anilines is 1. The fraction of sp³-hybridized carbons (Fsp3) is 0.409. The molecule has 0 unspecified atom stereocenters. The molecule has 1 fully saturated rings. The minimum absolute atomic E-state index is 0.0260. The Balaban J connectivity index is 1.47. The van der Waals surface area contributed by atoms with E-state index in [4.69, 9.17) is 11.6 Å². The van der Waals surface area contributed by atoms with Crippen LogP contribution < -0.4 is 5.32 Å². The quantitative estimate of drug-likeness (QED) is 0.820. The van der Waals surface area contributed by atoms with E-state index < -0.39 is 0 Å². The summed E-state index contributed by atoms with van der Waals surface area (Å²) in [5.41, 5.74) is 3.19. The standard InChI is InChI=1S/C22H28ClN3O/c1-17-8-9-20(23)16-21(17)24-22(27)18(2)26-14-12-25(13-15-26)11-10-19-6-4-3-5-7-19/h3-9,16,18H,10-15H2,1-2H3,(H,24,27)/t18-/m1/s1. The van der Waals surface area contributed by atoms with Crippen molar-refractivity contribution in [2.24, 2.45) is 0 Å². The number of benzene rings is 2. The highest BCUT2D eigenvalue weighted by molar-refractivity contribution is 6.31. The third kappa shape index (κ3) is 5.55. The predicted octanol–water partition coefficient (Wildman–Crippen LogP) is 3.84. The van der Waals surface area contributed by atoms with Gasteiger partial charge >= 0.3 is 0 Å². The van der Waals surface area contributed by atoms with E-state index in [1.54, 1.807) is 0 Å². The molecule has 0 saturated carbocycles. The lowest BCUT2D eigenvalue weighted by molar-refractivity contribution is -0.121. The van der Waals surface area contributed by atoms with Crippen molar-refractivity contribution in [3.05, 3.63) is 64.7 Å². The molecule has 27 heavy (non-hydrogen) atoms. The van der Waals surface area contributed by atoms with E-state index in [1.165, 1.54) is 5.56 Å². The Hall–Kier alpha value is -1.88. The van der Waals surface area contributed by atoms with Gasteiger partial charge in [0.2, 0.25) is 5.91 Å². The van der Waals surface area contributed by atoms with Gasteiger partial charge in [-0.3, -0.25) is 9.69 Å². The molecule has 1 aliphatic rings. The van der Waals surface area contributed by atoms with Gasteiger partial charge in [-0.05, 0) is 43.5 Å². The van der Waals surface area contributed by atoms with Crippen LogP contribution in [-0.4, -0.2) is 54.5 Å². The fourth-order valence-corrected chi connectivity index (χ4v) is 3.61. The van der Waals surface area contributed by atoms with Crippen molar-refractivity contribution in [3.8, 4) is 0 Å². The average molecular weight is 386 g/mol. The van der Waals surface area contributed by atoms with Gasteiger partial charge in [-0.1, -0.05) is 48.0 Å². The summed E-state index contributed by atoms with van der Waals surface area (Å²) in [6.07, 6.45) is 1.07. The Morgan fingerprint density at radius 2 is 1.81 bits per heavy atom. The highest BCUT2D eigenvalue weighted by Gasteiger charge is 2.25. The first kappa shape index (κ1) is 19.9. The number of carbonyl (C=O) groups excluding carboxylic acids is 1. The van der Waals surface area contributed by atoms with Crippen molar-refractivity contribution in [2.75, 3.05) is 38.0 Å². The van der Waals surface area contributed by atoms with Gasteiger partial charge < -0.3 is 10.2 Å². The van der Waals surface area contributed by atoms with Crippen LogP contribution in [-0.2, 0) is 11.2 Å². The zero-order valence-corrected chi connectivity index (χ0v) is 16.9. The van der Waals surface area contributed by atoms with Crippen molar-refractivity contribution in [3.63, 3.8) is 0 Å². The summed E-state index contributed by atoms with van der Waals surface area (Å²) in [7, 11) is 0. The predicted molar refractivity (Wildman–Crippen MR) is 112 cm³/mol. The summed E-state index contributed by atoms with van der Waals surface area (Å²) < 4.78 is 0. The number of hydrogen-bond acceptors (Lipinski definition) is 3. The third-order valence-electron chi connectivity index (χ3n) is 5.35. The first-order valence-electron chi connectivity index (χ1n) is 9.60. The van der Waals surface area contributed by atoms with E-state index in [-0.39, 0.29) is 11.9 Å². The molecular formula is C22H28ClN3O. The second-order valence-electron chi connectivity index (χ2n) is 7.24. The maximum absolute atomic E-state index is 12.7. The number of hydrogen-bond donors (Lipinski definition) is 1. The lowest BCUT2D eigenvalue weighted by Crippen LogP contribution is -2.53. The normalized spacial score (nSPS) is 16.9. The molecule has 0 aromatic heterocycles. The smallest absolute Gasteiger partial charge is 0.241 e. The van der Waals surface area contributed by atoms with Gasteiger partial charge in [0, 0.05) is 43.4 Å². The topological polar surface area (TPSA) is 35.6 Å². The Morgan fingerprint density at radius 3 is 2.52 bits per heavy atom. The fourth-order valence-electron chi connectivity index (χ4n) is 3.44. The van der Waals surface area contributed by atoms with Crippen molar-refractivity contribution >= 4 is 23.2 Å². The van der Waals surface area contributed by atoms with Crippen LogP contribution in [0.3, 0.4) is 0 Å². The minimum atomic E-state index is -0.153. The van der Waals surface area contributed by atoms with E-state index in [9.17, 15) is 4.79 Å². The van der Waals surface area contributed by atoms with Gasteiger partial charge in [-0.25, -0.2) is 0 Å². The number of rotatable bonds is 6. The largest absolute Gasteiger partial charge is 0.324 e. The Kier molecular flexibility index (Phi) is 6.89. The van der Waals surface area contributed by atoms with E-state index >= 15 is 0 Å². The molecule has 0 bridgehead atoms. The number of amides is 1. The molecule has 0 aliphatic carbocycles. The molecule has 1 amide bonds. The molecule has 144 valence electrons. The van der Waals surface area contributed by atoms with Crippen molar-refractivity contribution < 1.29 is 4.79 Å². The summed E-state index contributed by atoms with van der Waals surface area (Å²) >= 11 is 6.05. The van der Waals surface area contributed by atoms with Crippen LogP contribution in [0, 0.1) is 6.92 Å². The van der Waals surface area contributed by atoms with Gasteiger partial charge in [0.25, 0.3) is 0 Å². The lowest BCUT2D eigenvalue weighted by atomic mass is 10.1. The summed E-state index contributed by atoms with van der Waals surface area (Å²) in [6, 6.07) is 16.0. The minimum Gasteiger partial charge on any atom is -0.324 e. The zero-order chi connectivity index (χ0) is 19.2. The van der Waals surface area contributed by atoms with Crippen LogP contribution >= 0.6 is 11.6 Å². The van der Waals surface area contributed by atoms with Gasteiger partial charge in [-0.15, -0.1) is 0 Å². The molecular weight excluding hydrogens is 358 g/mol. The lowest BCUT2D eigenvalue weighted by Gasteiger charge is -2.37. The van der Waals surface area contributed by atoms with Gasteiger partial charge in [0.15, 0.2) is 0 Å². The van der Waals surface area contributed by atoms with Gasteiger partial charge in [0.05, 0.1) is 6.04 Å². The molecule has 2 aromatic carbocycles. The number of piperazine rings is 1. The van der Waals surface area contributed by atoms with Crippen molar-refractivity contribution in [1.29, 1.82) is 0 Å². The zero-order valence-electron chi connectivity index (χ0n) is 16.1. The van der Waals surface area contributed by atoms with Crippen molar-refractivity contribution in [2.45, 2.75) is 26.3 Å². The third-order valence-corrected chi connectivity index (χ3v) is 5.59. The molecule has 1 aliphatic heterocycles. The summed E-state index contributed by atoms with van der Waals surface area (Å²) in [5, 5.41) is 3.66. The highest BCUT2D eigenvalue weighted by atomic mass is 35.5. The molecule has 1 N–H and O–H groups in total. The number of nitrogens with zero attached hydrogens (tertiary/aromatic N) is 2. The number of aryl methyl sites for hydroxylation is 1. The SMILES string of the molecule is Cc1ccc(Cl)cc1NC(=O)[C@@H](C)N1CCN(CCc2ccccc2)CC1. The van der Waals surface area contributed by atoms with E-state index in [0.717, 1.165) is 50.4 Å². The number of halogens is 1. The van der Waals surface area contributed by atoms with Crippen molar-refractivity contribution in [1.82, 2.24) is 9.80 Å². The Labute approximate surface area is 167 Å². The molecule has 2 aromatic rings. The van der Waals surface area contributed by atoms with E-state index in [0.29, 0.717) is 5.02 Å². The van der Waals surface area contributed by atoms with E-state index in [1.807, 2.05) is 32.0 Å². The summed E-state index contributed by atoms with van der Waals surface area (Å²) in [5.74, 6) is 0.0260. The highest BCUT2D eigenvalue weighted by Crippen LogP contribution is 2.21. The van der Waals surface area contributed by atoms with Crippen LogP contribution in [0.25, 0.3) is 0 Å². The molecule has 0 radical (unpaired) electrons. The average Bonchev–Trinajstić information content (AvgIpc) is 2.70. The molecule has 0 spiro atoms. The molecule has 5 heteroatoms.